The van der Waals surface area contributed by atoms with E-state index in [1.807, 2.05) is 54.6 Å². The largest absolute Gasteiger partial charge is 0.456 e. The average molecular weight is 782 g/mol. The molecule has 61 heavy (non-hydrogen) atoms. The maximum absolute atomic E-state index is 6.76. The Hall–Kier alpha value is -8.35. The molecule has 0 spiro atoms. The maximum atomic E-state index is 6.76. The Bertz CT molecular complexity index is 4120. The van der Waals surface area contributed by atoms with Gasteiger partial charge < -0.3 is 22.4 Å². The van der Waals surface area contributed by atoms with Crippen molar-refractivity contribution in [2.45, 2.75) is 0 Å². The zero-order valence-corrected chi connectivity index (χ0v) is 32.5. The fourth-order valence-corrected chi connectivity index (χ4v) is 9.85. The lowest BCUT2D eigenvalue weighted by atomic mass is 9.99. The molecule has 9 aromatic carbocycles. The van der Waals surface area contributed by atoms with E-state index in [0.717, 1.165) is 116 Å². The smallest absolute Gasteiger partial charge is 0.227 e. The minimum atomic E-state index is 0.595. The van der Waals surface area contributed by atoms with Crippen molar-refractivity contribution in [1.82, 2.24) is 14.1 Å². The van der Waals surface area contributed by atoms with Crippen LogP contribution in [0.1, 0.15) is 0 Å². The third-order valence-electron chi connectivity index (χ3n) is 12.5. The van der Waals surface area contributed by atoms with Crippen LogP contribution in [0.3, 0.4) is 0 Å². The lowest BCUT2D eigenvalue weighted by Gasteiger charge is -2.13. The Morgan fingerprint density at radius 1 is 0.344 bits per heavy atom. The van der Waals surface area contributed by atoms with Crippen LogP contribution in [0.5, 0.6) is 0 Å². The number of oxazole rings is 1. The molecular formula is C55H31N3O3. The van der Waals surface area contributed by atoms with Crippen LogP contribution in [0.2, 0.25) is 0 Å². The van der Waals surface area contributed by atoms with Gasteiger partial charge in [0.2, 0.25) is 5.89 Å². The zero-order valence-electron chi connectivity index (χ0n) is 32.5. The van der Waals surface area contributed by atoms with Crippen molar-refractivity contribution in [3.05, 3.63) is 188 Å². The number of furan rings is 2. The second-order valence-electron chi connectivity index (χ2n) is 15.9. The Kier molecular flexibility index (Phi) is 6.46. The number of para-hydroxylation sites is 4. The summed E-state index contributed by atoms with van der Waals surface area (Å²) in [7, 11) is 0. The van der Waals surface area contributed by atoms with E-state index in [-0.39, 0.29) is 0 Å². The molecule has 0 aliphatic rings. The molecule has 0 saturated heterocycles. The van der Waals surface area contributed by atoms with Gasteiger partial charge in [-0.1, -0.05) is 97.1 Å². The van der Waals surface area contributed by atoms with Crippen LogP contribution < -0.4 is 0 Å². The molecule has 6 heteroatoms. The molecule has 0 amide bonds. The van der Waals surface area contributed by atoms with Crippen LogP contribution in [0, 0.1) is 0 Å². The molecule has 0 N–H and O–H groups in total. The number of rotatable bonds is 4. The molecule has 0 aliphatic heterocycles. The highest BCUT2D eigenvalue weighted by atomic mass is 16.4. The van der Waals surface area contributed by atoms with Gasteiger partial charge >= 0.3 is 0 Å². The number of aromatic nitrogens is 3. The highest BCUT2D eigenvalue weighted by Crippen LogP contribution is 2.44. The van der Waals surface area contributed by atoms with Gasteiger partial charge in [-0.25, -0.2) is 4.98 Å². The molecule has 5 aromatic heterocycles. The molecule has 0 bridgehead atoms. The molecule has 14 rings (SSSR count). The summed E-state index contributed by atoms with van der Waals surface area (Å²) in [6.07, 6.45) is 0. The first-order chi connectivity index (χ1) is 30.2. The van der Waals surface area contributed by atoms with E-state index in [1.165, 1.54) is 10.8 Å². The first-order valence-electron chi connectivity index (χ1n) is 20.5. The fraction of sp³-hybridized carbons (Fsp3) is 0. The first kappa shape index (κ1) is 32.6. The molecule has 6 nitrogen and oxygen atoms in total. The summed E-state index contributed by atoms with van der Waals surface area (Å²) in [5.74, 6) is 0.595. The minimum Gasteiger partial charge on any atom is -0.456 e. The quantitative estimate of drug-likeness (QED) is 0.178. The minimum absolute atomic E-state index is 0.595. The monoisotopic (exact) mass is 781 g/mol. The maximum Gasteiger partial charge on any atom is 0.227 e. The Morgan fingerprint density at radius 2 is 0.934 bits per heavy atom. The summed E-state index contributed by atoms with van der Waals surface area (Å²) in [4.78, 5) is 5.01. The van der Waals surface area contributed by atoms with Gasteiger partial charge in [-0.3, -0.25) is 0 Å². The van der Waals surface area contributed by atoms with Crippen LogP contribution in [-0.4, -0.2) is 14.1 Å². The van der Waals surface area contributed by atoms with Crippen molar-refractivity contribution in [3.8, 4) is 34.0 Å². The van der Waals surface area contributed by atoms with E-state index >= 15 is 0 Å². The Morgan fingerprint density at radius 3 is 1.67 bits per heavy atom. The number of fused-ring (bicyclic) bond motifs is 14. The number of hydrogen-bond donors (Lipinski definition) is 0. The Labute approximate surface area is 346 Å². The Balaban J connectivity index is 1.05. The van der Waals surface area contributed by atoms with Gasteiger partial charge in [-0.15, -0.1) is 0 Å². The molecule has 14 aromatic rings. The molecule has 5 heterocycles. The van der Waals surface area contributed by atoms with Crippen molar-refractivity contribution >= 4 is 98.6 Å². The molecule has 0 saturated carbocycles. The first-order valence-corrected chi connectivity index (χ1v) is 20.5. The van der Waals surface area contributed by atoms with Gasteiger partial charge in [0.05, 0.1) is 22.1 Å². The summed E-state index contributed by atoms with van der Waals surface area (Å²) in [5, 5.41) is 8.97. The summed E-state index contributed by atoms with van der Waals surface area (Å²) in [6, 6.07) is 66.2. The second kappa shape index (κ2) is 12.1. The van der Waals surface area contributed by atoms with E-state index in [9.17, 15) is 0 Å². The van der Waals surface area contributed by atoms with E-state index in [4.69, 9.17) is 18.2 Å². The number of nitrogens with zero attached hydrogens (tertiary/aromatic N) is 3. The molecule has 284 valence electrons. The third kappa shape index (κ3) is 4.58. The van der Waals surface area contributed by atoms with Gasteiger partial charge in [-0.2, -0.15) is 0 Å². The van der Waals surface area contributed by atoms with E-state index in [1.54, 1.807) is 0 Å². The molecule has 0 aliphatic carbocycles. The highest BCUT2D eigenvalue weighted by Gasteiger charge is 2.23. The normalized spacial score (nSPS) is 12.3. The van der Waals surface area contributed by atoms with Gasteiger partial charge in [0.25, 0.3) is 0 Å². The van der Waals surface area contributed by atoms with E-state index in [0.29, 0.717) is 5.89 Å². The van der Waals surface area contributed by atoms with Crippen molar-refractivity contribution in [2.24, 2.45) is 0 Å². The standard InChI is InChI=1S/C55H31N3O3/c1-2-11-32(12-3-1)55-56-45-25-24-41-42-29-33(21-26-47(42)58(53(41)54(45)61-55)35-23-28-51-44(31-35)39-15-6-9-20-49(39)60-51)36-16-10-17-40-37-13-4-7-18-46(37)57(52(36)40)34-22-27-50-43(30-34)38-14-5-8-19-48(38)59-50/h1-31H. The molecule has 0 radical (unpaired) electrons. The number of benzene rings is 9. The topological polar surface area (TPSA) is 62.2 Å². The summed E-state index contributed by atoms with van der Waals surface area (Å²) < 4.78 is 24.1. The van der Waals surface area contributed by atoms with Crippen molar-refractivity contribution in [1.29, 1.82) is 0 Å². The van der Waals surface area contributed by atoms with E-state index < -0.39 is 0 Å². The molecule has 0 fully saturated rings. The lowest BCUT2D eigenvalue weighted by molar-refractivity contribution is 0.622. The predicted octanol–water partition coefficient (Wildman–Crippen LogP) is 15.2. The zero-order chi connectivity index (χ0) is 39.8. The van der Waals surface area contributed by atoms with E-state index in [2.05, 4.69) is 143 Å². The third-order valence-corrected chi connectivity index (χ3v) is 12.5. The summed E-state index contributed by atoms with van der Waals surface area (Å²) in [6.45, 7) is 0. The molecular weight excluding hydrogens is 751 g/mol. The highest BCUT2D eigenvalue weighted by molar-refractivity contribution is 6.19. The second-order valence-corrected chi connectivity index (χ2v) is 15.9. The molecule has 0 unspecified atom stereocenters. The predicted molar refractivity (Wildman–Crippen MR) is 248 cm³/mol. The van der Waals surface area contributed by atoms with Crippen molar-refractivity contribution in [2.75, 3.05) is 0 Å². The van der Waals surface area contributed by atoms with Gasteiger partial charge in [0.15, 0.2) is 5.58 Å². The van der Waals surface area contributed by atoms with Gasteiger partial charge in [-0.05, 0) is 96.6 Å². The van der Waals surface area contributed by atoms with Crippen LogP contribution >= 0.6 is 0 Å². The van der Waals surface area contributed by atoms with Crippen LogP contribution in [0.4, 0.5) is 0 Å². The molecule has 0 atom stereocenters. The SMILES string of the molecule is c1ccc(-c2nc3ccc4c5cc(-c6cccc7c8ccccc8n(-c8ccc9oc%10ccccc%10c9c8)c67)ccc5n(-c5ccc6oc7ccccc7c6c5)c4c3o2)cc1. The van der Waals surface area contributed by atoms with Gasteiger partial charge in [0, 0.05) is 65.6 Å². The number of hydrogen-bond acceptors (Lipinski definition) is 4. The van der Waals surface area contributed by atoms with Crippen LogP contribution in [0.25, 0.3) is 133 Å². The van der Waals surface area contributed by atoms with Crippen molar-refractivity contribution in [3.63, 3.8) is 0 Å². The summed E-state index contributed by atoms with van der Waals surface area (Å²) >= 11 is 0. The van der Waals surface area contributed by atoms with Crippen LogP contribution in [-0.2, 0) is 0 Å². The average Bonchev–Trinajstić information content (AvgIpc) is 4.14. The summed E-state index contributed by atoms with van der Waals surface area (Å²) in [5.41, 5.74) is 14.7. The van der Waals surface area contributed by atoms with Gasteiger partial charge in [0.1, 0.15) is 27.8 Å². The van der Waals surface area contributed by atoms with Crippen LogP contribution in [0.15, 0.2) is 201 Å². The fourth-order valence-electron chi connectivity index (χ4n) is 9.85. The van der Waals surface area contributed by atoms with Crippen molar-refractivity contribution < 1.29 is 13.3 Å². The lowest BCUT2D eigenvalue weighted by Crippen LogP contribution is -1.96.